The molecule has 0 saturated heterocycles. The highest BCUT2D eigenvalue weighted by Crippen LogP contribution is 1.93. The lowest BCUT2D eigenvalue weighted by atomic mass is 10.4. The average Bonchev–Trinajstić information content (AvgIpc) is 2.35. The predicted octanol–water partition coefficient (Wildman–Crippen LogP) is 0.0405. The molecule has 0 aliphatic heterocycles. The maximum atomic E-state index is 11.8. The molecule has 1 aromatic heterocycles. The maximum Gasteiger partial charge on any atom is 0.293 e. The van der Waals surface area contributed by atoms with Crippen molar-refractivity contribution in [3.63, 3.8) is 0 Å². The largest absolute Gasteiger partial charge is 0.380 e. The van der Waals surface area contributed by atoms with Gasteiger partial charge >= 0.3 is 0 Å². The Kier molecular flexibility index (Phi) is 6.27. The summed E-state index contributed by atoms with van der Waals surface area (Å²) in [7, 11) is 0. The maximum absolute atomic E-state index is 11.8. The zero-order chi connectivity index (χ0) is 12.5. The lowest BCUT2D eigenvalue weighted by Gasteiger charge is -2.07. The SMILES string of the molecule is CCn1ccnc(NCCCOCCN)c1=O. The first-order valence-electron chi connectivity index (χ1n) is 5.86. The van der Waals surface area contributed by atoms with Crippen molar-refractivity contribution in [1.29, 1.82) is 0 Å². The number of nitrogens with one attached hydrogen (secondary N) is 1. The van der Waals surface area contributed by atoms with Crippen molar-refractivity contribution in [1.82, 2.24) is 9.55 Å². The summed E-state index contributed by atoms with van der Waals surface area (Å²) in [5.74, 6) is 0.396. The second kappa shape index (κ2) is 7.81. The summed E-state index contributed by atoms with van der Waals surface area (Å²) in [5.41, 5.74) is 5.21. The van der Waals surface area contributed by atoms with Gasteiger partial charge in [0, 0.05) is 38.6 Å². The smallest absolute Gasteiger partial charge is 0.293 e. The van der Waals surface area contributed by atoms with Crippen LogP contribution in [0.1, 0.15) is 13.3 Å². The van der Waals surface area contributed by atoms with Crippen LogP contribution in [-0.4, -0.2) is 35.9 Å². The molecule has 17 heavy (non-hydrogen) atoms. The van der Waals surface area contributed by atoms with Gasteiger partial charge in [0.1, 0.15) is 0 Å². The van der Waals surface area contributed by atoms with Crippen LogP contribution >= 0.6 is 0 Å². The number of aromatic nitrogens is 2. The highest BCUT2D eigenvalue weighted by atomic mass is 16.5. The molecule has 0 amide bonds. The Balaban J connectivity index is 2.34. The number of hydrogen-bond acceptors (Lipinski definition) is 5. The van der Waals surface area contributed by atoms with E-state index >= 15 is 0 Å². The van der Waals surface area contributed by atoms with Gasteiger partial charge in [0.15, 0.2) is 5.82 Å². The predicted molar refractivity (Wildman–Crippen MR) is 67.2 cm³/mol. The Morgan fingerprint density at radius 3 is 3.06 bits per heavy atom. The average molecular weight is 240 g/mol. The van der Waals surface area contributed by atoms with Crippen molar-refractivity contribution in [3.8, 4) is 0 Å². The first-order chi connectivity index (χ1) is 8.29. The fourth-order valence-electron chi connectivity index (χ4n) is 1.38. The van der Waals surface area contributed by atoms with E-state index < -0.39 is 0 Å². The molecule has 1 heterocycles. The summed E-state index contributed by atoms with van der Waals surface area (Å²) in [6.07, 6.45) is 4.12. The Hall–Kier alpha value is -1.40. The molecule has 3 N–H and O–H groups in total. The summed E-state index contributed by atoms with van der Waals surface area (Å²) in [6.45, 7) is 4.99. The number of nitrogens with two attached hydrogens (primary N) is 1. The van der Waals surface area contributed by atoms with E-state index in [1.54, 1.807) is 17.0 Å². The zero-order valence-electron chi connectivity index (χ0n) is 10.2. The molecule has 0 aliphatic rings. The summed E-state index contributed by atoms with van der Waals surface area (Å²) >= 11 is 0. The van der Waals surface area contributed by atoms with Gasteiger partial charge in [-0.3, -0.25) is 4.79 Å². The summed E-state index contributed by atoms with van der Waals surface area (Å²) in [6, 6.07) is 0. The van der Waals surface area contributed by atoms with Gasteiger partial charge in [0.25, 0.3) is 5.56 Å². The van der Waals surface area contributed by atoms with E-state index in [-0.39, 0.29) is 5.56 Å². The van der Waals surface area contributed by atoms with Gasteiger partial charge in [-0.1, -0.05) is 0 Å². The van der Waals surface area contributed by atoms with Crippen LogP contribution < -0.4 is 16.6 Å². The van der Waals surface area contributed by atoms with Crippen molar-refractivity contribution in [2.45, 2.75) is 19.9 Å². The van der Waals surface area contributed by atoms with E-state index in [0.717, 1.165) is 6.42 Å². The number of ether oxygens (including phenoxy) is 1. The van der Waals surface area contributed by atoms with Crippen molar-refractivity contribution in [3.05, 3.63) is 22.7 Å². The fraction of sp³-hybridized carbons (Fsp3) is 0.636. The van der Waals surface area contributed by atoms with Gasteiger partial charge in [0.2, 0.25) is 0 Å². The van der Waals surface area contributed by atoms with Gasteiger partial charge in [-0.15, -0.1) is 0 Å². The molecule has 1 rings (SSSR count). The molecule has 1 aromatic rings. The second-order valence-corrected chi connectivity index (χ2v) is 3.55. The molecule has 6 heteroatoms. The van der Waals surface area contributed by atoms with Crippen LogP contribution in [0.3, 0.4) is 0 Å². The molecule has 6 nitrogen and oxygen atoms in total. The van der Waals surface area contributed by atoms with Gasteiger partial charge in [0.05, 0.1) is 6.61 Å². The topological polar surface area (TPSA) is 82.2 Å². The third kappa shape index (κ3) is 4.54. The summed E-state index contributed by atoms with van der Waals surface area (Å²) in [4.78, 5) is 15.8. The van der Waals surface area contributed by atoms with Crippen LogP contribution in [0.5, 0.6) is 0 Å². The lowest BCUT2D eigenvalue weighted by molar-refractivity contribution is 0.141. The molecular formula is C11H20N4O2. The van der Waals surface area contributed by atoms with E-state index in [0.29, 0.717) is 38.7 Å². The molecule has 0 radical (unpaired) electrons. The van der Waals surface area contributed by atoms with E-state index in [1.807, 2.05) is 6.92 Å². The number of nitrogens with zero attached hydrogens (tertiary/aromatic N) is 2. The van der Waals surface area contributed by atoms with Gasteiger partial charge in [-0.05, 0) is 13.3 Å². The molecule has 0 fully saturated rings. The van der Waals surface area contributed by atoms with Crippen LogP contribution in [-0.2, 0) is 11.3 Å². The van der Waals surface area contributed by atoms with Crippen LogP contribution in [0, 0.1) is 0 Å². The highest BCUT2D eigenvalue weighted by molar-refractivity contribution is 5.30. The van der Waals surface area contributed by atoms with Crippen molar-refractivity contribution in [2.75, 3.05) is 31.6 Å². The number of anilines is 1. The molecule has 0 bridgehead atoms. The third-order valence-corrected chi connectivity index (χ3v) is 2.27. The van der Waals surface area contributed by atoms with Crippen LogP contribution in [0.4, 0.5) is 5.82 Å². The Labute approximate surface area is 101 Å². The zero-order valence-corrected chi connectivity index (χ0v) is 10.2. The van der Waals surface area contributed by atoms with E-state index in [4.69, 9.17) is 10.5 Å². The van der Waals surface area contributed by atoms with Gasteiger partial charge in [-0.2, -0.15) is 0 Å². The minimum absolute atomic E-state index is 0.0853. The normalized spacial score (nSPS) is 10.5. The molecule has 0 saturated carbocycles. The van der Waals surface area contributed by atoms with E-state index in [9.17, 15) is 4.79 Å². The Morgan fingerprint density at radius 1 is 1.53 bits per heavy atom. The summed E-state index contributed by atoms with van der Waals surface area (Å²) < 4.78 is 6.84. The van der Waals surface area contributed by atoms with E-state index in [2.05, 4.69) is 10.3 Å². The van der Waals surface area contributed by atoms with Crippen LogP contribution in [0.2, 0.25) is 0 Å². The fourth-order valence-corrected chi connectivity index (χ4v) is 1.38. The Morgan fingerprint density at radius 2 is 2.35 bits per heavy atom. The number of rotatable bonds is 8. The second-order valence-electron chi connectivity index (χ2n) is 3.55. The van der Waals surface area contributed by atoms with Crippen molar-refractivity contribution in [2.24, 2.45) is 5.73 Å². The highest BCUT2D eigenvalue weighted by Gasteiger charge is 2.01. The van der Waals surface area contributed by atoms with Gasteiger partial charge < -0.3 is 20.4 Å². The third-order valence-electron chi connectivity index (χ3n) is 2.27. The quantitative estimate of drug-likeness (QED) is 0.627. The molecule has 0 atom stereocenters. The number of hydrogen-bond donors (Lipinski definition) is 2. The standard InChI is InChI=1S/C11H20N4O2/c1-2-15-7-6-14-10(11(15)16)13-5-3-8-17-9-4-12/h6-7H,2-5,8-9,12H2,1H3,(H,13,14). The molecule has 96 valence electrons. The first-order valence-corrected chi connectivity index (χ1v) is 5.86. The van der Waals surface area contributed by atoms with Crippen LogP contribution in [0.15, 0.2) is 17.2 Å². The first kappa shape index (κ1) is 13.7. The van der Waals surface area contributed by atoms with E-state index in [1.165, 1.54) is 0 Å². The molecular weight excluding hydrogens is 220 g/mol. The summed E-state index contributed by atoms with van der Waals surface area (Å²) in [5, 5.41) is 3.01. The minimum Gasteiger partial charge on any atom is -0.380 e. The molecule has 0 aromatic carbocycles. The van der Waals surface area contributed by atoms with Crippen molar-refractivity contribution >= 4 is 5.82 Å². The molecule has 0 unspecified atom stereocenters. The molecule has 0 spiro atoms. The number of aryl methyl sites for hydroxylation is 1. The van der Waals surface area contributed by atoms with Crippen molar-refractivity contribution < 1.29 is 4.74 Å². The van der Waals surface area contributed by atoms with Crippen LogP contribution in [0.25, 0.3) is 0 Å². The lowest BCUT2D eigenvalue weighted by Crippen LogP contribution is -2.24. The minimum atomic E-state index is -0.0853. The molecule has 0 aliphatic carbocycles. The Bertz CT molecular complexity index is 378. The monoisotopic (exact) mass is 240 g/mol. The van der Waals surface area contributed by atoms with Gasteiger partial charge in [-0.25, -0.2) is 4.98 Å².